The lowest BCUT2D eigenvalue weighted by atomic mass is 10.0. The van der Waals surface area contributed by atoms with Crippen molar-refractivity contribution >= 4 is 34.7 Å². The van der Waals surface area contributed by atoms with Crippen LogP contribution in [-0.4, -0.2) is 43.4 Å². The van der Waals surface area contributed by atoms with Gasteiger partial charge in [-0.3, -0.25) is 19.3 Å². The molecule has 0 saturated heterocycles. The molecule has 2 aromatic carbocycles. The third kappa shape index (κ3) is 4.53. The first-order valence-corrected chi connectivity index (χ1v) is 9.87. The molecule has 0 aromatic heterocycles. The standard InChI is InChI=1S/C23H25N3O5/c1-5-12-26-22(28)20(15-6-8-16(9-7-15)24-14(2)27)21(23(26)29)25-18-11-10-17(30-3)13-19(18)31-4/h6-11,13,25H,5,12H2,1-4H3,(H,24,27). The SMILES string of the molecule is CCCN1C(=O)C(Nc2ccc(OC)cc2OC)=C(c2ccc(NC(C)=O)cc2)C1=O. The monoisotopic (exact) mass is 423 g/mol. The molecule has 1 heterocycles. The number of nitrogens with zero attached hydrogens (tertiary/aromatic N) is 1. The molecule has 2 aromatic rings. The Morgan fingerprint density at radius 2 is 1.71 bits per heavy atom. The van der Waals surface area contributed by atoms with E-state index in [-0.39, 0.29) is 23.1 Å². The third-order valence-corrected chi connectivity index (χ3v) is 4.78. The van der Waals surface area contributed by atoms with Gasteiger partial charge in [-0.25, -0.2) is 0 Å². The molecule has 2 N–H and O–H groups in total. The first-order chi connectivity index (χ1) is 14.9. The Labute approximate surface area is 180 Å². The molecule has 31 heavy (non-hydrogen) atoms. The Bertz CT molecular complexity index is 1040. The van der Waals surface area contributed by atoms with Gasteiger partial charge in [0, 0.05) is 25.2 Å². The van der Waals surface area contributed by atoms with E-state index in [1.807, 2.05) is 6.92 Å². The lowest BCUT2D eigenvalue weighted by Crippen LogP contribution is -2.33. The Morgan fingerprint density at radius 1 is 1.00 bits per heavy atom. The molecule has 3 amide bonds. The summed E-state index contributed by atoms with van der Waals surface area (Å²) in [5, 5.41) is 5.78. The lowest BCUT2D eigenvalue weighted by molar-refractivity contribution is -0.136. The molecule has 0 fully saturated rings. The highest BCUT2D eigenvalue weighted by Gasteiger charge is 2.39. The second-order valence-corrected chi connectivity index (χ2v) is 6.96. The van der Waals surface area contributed by atoms with Crippen molar-refractivity contribution in [2.45, 2.75) is 20.3 Å². The molecule has 0 bridgehead atoms. The number of rotatable bonds is 8. The summed E-state index contributed by atoms with van der Waals surface area (Å²) in [4.78, 5) is 38.7. The number of hydrogen-bond donors (Lipinski definition) is 2. The average Bonchev–Trinajstić information content (AvgIpc) is 2.99. The van der Waals surface area contributed by atoms with E-state index in [2.05, 4.69) is 10.6 Å². The molecule has 0 atom stereocenters. The summed E-state index contributed by atoms with van der Waals surface area (Å²) in [7, 11) is 3.07. The van der Waals surface area contributed by atoms with Crippen LogP contribution in [0.2, 0.25) is 0 Å². The van der Waals surface area contributed by atoms with E-state index in [9.17, 15) is 14.4 Å². The van der Waals surface area contributed by atoms with E-state index in [0.717, 1.165) is 0 Å². The maximum Gasteiger partial charge on any atom is 0.278 e. The van der Waals surface area contributed by atoms with Crippen molar-refractivity contribution in [3.05, 3.63) is 53.7 Å². The zero-order valence-electron chi connectivity index (χ0n) is 17.9. The molecule has 0 radical (unpaired) electrons. The second kappa shape index (κ2) is 9.34. The molecule has 0 spiro atoms. The minimum absolute atomic E-state index is 0.175. The molecular weight excluding hydrogens is 398 g/mol. The number of nitrogens with one attached hydrogen (secondary N) is 2. The zero-order chi connectivity index (χ0) is 22.5. The number of benzene rings is 2. The first kappa shape index (κ1) is 21.9. The Kier molecular flexibility index (Phi) is 6.59. The molecule has 162 valence electrons. The number of methoxy groups -OCH3 is 2. The smallest absolute Gasteiger partial charge is 0.278 e. The van der Waals surface area contributed by atoms with E-state index >= 15 is 0 Å². The molecule has 8 heteroatoms. The Morgan fingerprint density at radius 3 is 2.29 bits per heavy atom. The van der Waals surface area contributed by atoms with Crippen LogP contribution in [0.1, 0.15) is 25.8 Å². The molecule has 0 unspecified atom stereocenters. The lowest BCUT2D eigenvalue weighted by Gasteiger charge is -2.15. The fraction of sp³-hybridized carbons (Fsp3) is 0.261. The van der Waals surface area contributed by atoms with Gasteiger partial charge in [0.25, 0.3) is 11.8 Å². The normalized spacial score (nSPS) is 13.5. The van der Waals surface area contributed by atoms with Crippen LogP contribution in [-0.2, 0) is 14.4 Å². The molecule has 0 aliphatic carbocycles. The average molecular weight is 423 g/mol. The highest BCUT2D eigenvalue weighted by Crippen LogP contribution is 2.35. The Balaban J connectivity index is 2.05. The minimum atomic E-state index is -0.398. The van der Waals surface area contributed by atoms with Crippen molar-refractivity contribution in [2.75, 3.05) is 31.4 Å². The summed E-state index contributed by atoms with van der Waals surface area (Å²) >= 11 is 0. The van der Waals surface area contributed by atoms with Crippen molar-refractivity contribution in [1.82, 2.24) is 4.90 Å². The van der Waals surface area contributed by atoms with Crippen LogP contribution in [0, 0.1) is 0 Å². The van der Waals surface area contributed by atoms with Gasteiger partial charge in [-0.2, -0.15) is 0 Å². The van der Waals surface area contributed by atoms with Gasteiger partial charge < -0.3 is 20.1 Å². The highest BCUT2D eigenvalue weighted by atomic mass is 16.5. The van der Waals surface area contributed by atoms with E-state index < -0.39 is 5.91 Å². The summed E-state index contributed by atoms with van der Waals surface area (Å²) in [6.45, 7) is 3.64. The maximum atomic E-state index is 13.1. The number of carbonyl (C=O) groups excluding carboxylic acids is 3. The van der Waals surface area contributed by atoms with Gasteiger partial charge in [0.1, 0.15) is 17.2 Å². The fourth-order valence-electron chi connectivity index (χ4n) is 3.35. The van der Waals surface area contributed by atoms with Gasteiger partial charge in [-0.05, 0) is 36.2 Å². The van der Waals surface area contributed by atoms with Crippen LogP contribution >= 0.6 is 0 Å². The summed E-state index contributed by atoms with van der Waals surface area (Å²) in [6.07, 6.45) is 0.644. The van der Waals surface area contributed by atoms with Gasteiger partial charge in [-0.1, -0.05) is 19.1 Å². The minimum Gasteiger partial charge on any atom is -0.497 e. The van der Waals surface area contributed by atoms with Crippen LogP contribution in [0.5, 0.6) is 11.5 Å². The zero-order valence-corrected chi connectivity index (χ0v) is 17.9. The highest BCUT2D eigenvalue weighted by molar-refractivity contribution is 6.36. The molecule has 8 nitrogen and oxygen atoms in total. The summed E-state index contributed by atoms with van der Waals surface area (Å²) in [6, 6.07) is 11.9. The van der Waals surface area contributed by atoms with Gasteiger partial charge in [0.05, 0.1) is 25.5 Å². The number of anilines is 2. The van der Waals surface area contributed by atoms with Gasteiger partial charge in [0.2, 0.25) is 5.91 Å². The number of amides is 3. The molecule has 1 aliphatic heterocycles. The summed E-state index contributed by atoms with van der Waals surface area (Å²) in [5.74, 6) is 0.120. The maximum absolute atomic E-state index is 13.1. The number of hydrogen-bond acceptors (Lipinski definition) is 6. The number of ether oxygens (including phenoxy) is 2. The largest absolute Gasteiger partial charge is 0.497 e. The van der Waals surface area contributed by atoms with Gasteiger partial charge in [0.15, 0.2) is 0 Å². The van der Waals surface area contributed by atoms with Crippen LogP contribution in [0.4, 0.5) is 11.4 Å². The van der Waals surface area contributed by atoms with Crippen molar-refractivity contribution in [1.29, 1.82) is 0 Å². The molecular formula is C23H25N3O5. The summed E-state index contributed by atoms with van der Waals surface area (Å²) < 4.78 is 10.6. The van der Waals surface area contributed by atoms with Crippen LogP contribution in [0.15, 0.2) is 48.2 Å². The molecule has 0 saturated carbocycles. The van der Waals surface area contributed by atoms with Gasteiger partial charge >= 0.3 is 0 Å². The van der Waals surface area contributed by atoms with Gasteiger partial charge in [-0.15, -0.1) is 0 Å². The molecule has 1 aliphatic rings. The third-order valence-electron chi connectivity index (χ3n) is 4.78. The predicted octanol–water partition coefficient (Wildman–Crippen LogP) is 3.26. The van der Waals surface area contributed by atoms with E-state index in [1.54, 1.807) is 49.6 Å². The van der Waals surface area contributed by atoms with Crippen LogP contribution < -0.4 is 20.1 Å². The fourth-order valence-corrected chi connectivity index (χ4v) is 3.35. The topological polar surface area (TPSA) is 97.0 Å². The molecule has 3 rings (SSSR count). The van der Waals surface area contributed by atoms with Crippen molar-refractivity contribution < 1.29 is 23.9 Å². The van der Waals surface area contributed by atoms with E-state index in [0.29, 0.717) is 41.4 Å². The number of imide groups is 1. The van der Waals surface area contributed by atoms with Crippen molar-refractivity contribution in [2.24, 2.45) is 0 Å². The Hall–Kier alpha value is -3.81. The van der Waals surface area contributed by atoms with Crippen LogP contribution in [0.25, 0.3) is 5.57 Å². The first-order valence-electron chi connectivity index (χ1n) is 9.87. The predicted molar refractivity (Wildman–Crippen MR) is 118 cm³/mol. The van der Waals surface area contributed by atoms with Crippen LogP contribution in [0.3, 0.4) is 0 Å². The number of carbonyl (C=O) groups is 3. The van der Waals surface area contributed by atoms with Crippen molar-refractivity contribution in [3.8, 4) is 11.5 Å². The second-order valence-electron chi connectivity index (χ2n) is 6.96. The quantitative estimate of drug-likeness (QED) is 0.633. The van der Waals surface area contributed by atoms with Crippen molar-refractivity contribution in [3.63, 3.8) is 0 Å². The van der Waals surface area contributed by atoms with E-state index in [1.165, 1.54) is 18.9 Å². The summed E-state index contributed by atoms with van der Waals surface area (Å²) in [5.41, 5.74) is 2.15. The van der Waals surface area contributed by atoms with E-state index in [4.69, 9.17) is 9.47 Å².